The zero-order chi connectivity index (χ0) is 33.4. The van der Waals surface area contributed by atoms with Crippen molar-refractivity contribution in [1.29, 1.82) is 0 Å². The van der Waals surface area contributed by atoms with E-state index in [4.69, 9.17) is 21.3 Å². The molecule has 6 atom stereocenters. The molecule has 49 heavy (non-hydrogen) atoms. The third-order valence-electron chi connectivity index (χ3n) is 10.7. The molecule has 4 aromatic carbocycles. The molecule has 5 aromatic rings. The number of fused-ring (bicyclic) bond motifs is 1. The number of ether oxygens (including phenoxy) is 1. The summed E-state index contributed by atoms with van der Waals surface area (Å²) in [6.07, 6.45) is 5.44. The van der Waals surface area contributed by atoms with Gasteiger partial charge in [0.05, 0.1) is 39.3 Å². The Morgan fingerprint density at radius 3 is 2.06 bits per heavy atom. The summed E-state index contributed by atoms with van der Waals surface area (Å²) in [6, 6.07) is 30.9. The summed E-state index contributed by atoms with van der Waals surface area (Å²) in [5.41, 5.74) is 4.72. The number of benzene rings is 4. The SMILES string of the molecule is O=C(COC(=O)c1cc(-c2ccc(N3C(=O)C4C5C=CC(C6CC56)C4C3=O)cc2)nc2c(Cl)cccc12)c1ccc(-c2ccccc2)cc1. The number of hydrogen-bond acceptors (Lipinski definition) is 6. The van der Waals surface area contributed by atoms with Crippen LogP contribution in [0.3, 0.4) is 0 Å². The van der Waals surface area contributed by atoms with Crippen LogP contribution in [-0.2, 0) is 14.3 Å². The lowest BCUT2D eigenvalue weighted by molar-refractivity contribution is -0.124. The molecule has 2 bridgehead atoms. The standard InChI is InChI=1S/C41H29ClN2O5/c42-33-8-4-7-29-32(41(48)49-21-35(45)25-11-9-23(10-12-25)22-5-2-1-3-6-22)20-34(43-38(29)33)24-13-15-26(16-14-24)44-39(46)36-27-17-18-28(31-19-30(27)31)37(36)40(44)47/h1-18,20,27-28,30-31,36-37H,19,21H2. The summed E-state index contributed by atoms with van der Waals surface area (Å²) in [7, 11) is 0. The fourth-order valence-electron chi connectivity index (χ4n) is 8.29. The number of allylic oxidation sites excluding steroid dienone is 2. The number of ketones is 1. The van der Waals surface area contributed by atoms with Crippen LogP contribution in [0, 0.1) is 35.5 Å². The lowest BCUT2D eigenvalue weighted by atomic mass is 9.63. The summed E-state index contributed by atoms with van der Waals surface area (Å²) >= 11 is 6.55. The minimum atomic E-state index is -0.682. The molecular weight excluding hydrogens is 636 g/mol. The molecule has 4 aliphatic carbocycles. The number of nitrogens with zero attached hydrogens (tertiary/aromatic N) is 2. The van der Waals surface area contributed by atoms with Gasteiger partial charge in [-0.3, -0.25) is 19.3 Å². The Hall–Kier alpha value is -5.40. The largest absolute Gasteiger partial charge is 0.454 e. The number of rotatable bonds is 7. The number of hydrogen-bond donors (Lipinski definition) is 0. The lowest BCUT2D eigenvalue weighted by Gasteiger charge is -2.37. The quantitative estimate of drug-likeness (QED) is 0.0762. The molecule has 2 amide bonds. The molecule has 0 spiro atoms. The number of imide groups is 1. The van der Waals surface area contributed by atoms with Crippen molar-refractivity contribution >= 4 is 51.8 Å². The summed E-state index contributed by atoms with van der Waals surface area (Å²) in [5, 5.41) is 0.853. The highest BCUT2D eigenvalue weighted by atomic mass is 35.5. The maximum absolute atomic E-state index is 13.6. The fourth-order valence-corrected chi connectivity index (χ4v) is 8.51. The number of carbonyl (C=O) groups is 4. The van der Waals surface area contributed by atoms with Gasteiger partial charge in [-0.15, -0.1) is 0 Å². The first-order valence-corrected chi connectivity index (χ1v) is 16.9. The van der Waals surface area contributed by atoms with Crippen LogP contribution in [-0.4, -0.2) is 35.2 Å². The predicted molar refractivity (Wildman–Crippen MR) is 186 cm³/mol. The number of amides is 2. The normalized spacial score (nSPS) is 24.6. The first-order chi connectivity index (χ1) is 23.9. The van der Waals surface area contributed by atoms with E-state index in [0.29, 0.717) is 50.3 Å². The monoisotopic (exact) mass is 664 g/mol. The second-order valence-electron chi connectivity index (χ2n) is 13.3. The van der Waals surface area contributed by atoms with Crippen LogP contribution in [0.2, 0.25) is 5.02 Å². The average molecular weight is 665 g/mol. The van der Waals surface area contributed by atoms with Crippen molar-refractivity contribution in [3.05, 3.63) is 131 Å². The molecule has 5 aliphatic rings. The highest BCUT2D eigenvalue weighted by molar-refractivity contribution is 6.35. The van der Waals surface area contributed by atoms with Gasteiger partial charge in [0, 0.05) is 16.5 Å². The lowest BCUT2D eigenvalue weighted by Crippen LogP contribution is -2.40. The van der Waals surface area contributed by atoms with Crippen LogP contribution in [0.5, 0.6) is 0 Å². The number of anilines is 1. The molecule has 1 aromatic heterocycles. The Labute approximate surface area is 287 Å². The molecule has 1 saturated heterocycles. The molecule has 0 radical (unpaired) electrons. The van der Waals surface area contributed by atoms with Crippen LogP contribution in [0.4, 0.5) is 5.69 Å². The van der Waals surface area contributed by atoms with Crippen LogP contribution in [0.15, 0.2) is 115 Å². The molecule has 3 fully saturated rings. The topological polar surface area (TPSA) is 93.6 Å². The second-order valence-corrected chi connectivity index (χ2v) is 13.8. The van der Waals surface area contributed by atoms with Crippen molar-refractivity contribution in [2.75, 3.05) is 11.5 Å². The van der Waals surface area contributed by atoms with E-state index in [1.54, 1.807) is 60.7 Å². The molecule has 2 saturated carbocycles. The molecule has 1 aliphatic heterocycles. The molecule has 0 N–H and O–H groups in total. The van der Waals surface area contributed by atoms with Gasteiger partial charge >= 0.3 is 5.97 Å². The summed E-state index contributed by atoms with van der Waals surface area (Å²) in [5.74, 6) is -0.413. The summed E-state index contributed by atoms with van der Waals surface area (Å²) < 4.78 is 5.54. The van der Waals surface area contributed by atoms with Gasteiger partial charge in [-0.1, -0.05) is 103 Å². The predicted octanol–water partition coefficient (Wildman–Crippen LogP) is 7.82. The van der Waals surface area contributed by atoms with Crippen LogP contribution < -0.4 is 4.90 Å². The van der Waals surface area contributed by atoms with Crippen molar-refractivity contribution in [1.82, 2.24) is 4.98 Å². The maximum atomic E-state index is 13.6. The number of aromatic nitrogens is 1. The second kappa shape index (κ2) is 11.3. The van der Waals surface area contributed by atoms with Crippen molar-refractivity contribution in [2.24, 2.45) is 35.5 Å². The number of esters is 1. The Bertz CT molecular complexity index is 2200. The number of para-hydroxylation sites is 1. The zero-order valence-electron chi connectivity index (χ0n) is 26.2. The van der Waals surface area contributed by atoms with Crippen molar-refractivity contribution in [2.45, 2.75) is 6.42 Å². The van der Waals surface area contributed by atoms with Gasteiger partial charge in [-0.05, 0) is 65.5 Å². The van der Waals surface area contributed by atoms with Crippen molar-refractivity contribution < 1.29 is 23.9 Å². The number of carbonyl (C=O) groups excluding carboxylic acids is 4. The first-order valence-electron chi connectivity index (χ1n) is 16.5. The summed E-state index contributed by atoms with van der Waals surface area (Å²) in [6.45, 7) is -0.434. The third-order valence-corrected chi connectivity index (χ3v) is 11.0. The van der Waals surface area contributed by atoms with Crippen LogP contribution in [0.25, 0.3) is 33.3 Å². The Balaban J connectivity index is 0.958. The van der Waals surface area contributed by atoms with E-state index in [9.17, 15) is 19.2 Å². The maximum Gasteiger partial charge on any atom is 0.339 e. The van der Waals surface area contributed by atoms with Gasteiger partial charge in [0.1, 0.15) is 0 Å². The van der Waals surface area contributed by atoms with E-state index in [0.717, 1.165) is 17.5 Å². The molecule has 2 heterocycles. The molecule has 6 unspecified atom stereocenters. The van der Waals surface area contributed by atoms with Crippen molar-refractivity contribution in [3.63, 3.8) is 0 Å². The number of halogens is 1. The molecular formula is C41H29ClN2O5. The minimum Gasteiger partial charge on any atom is -0.454 e. The number of pyridine rings is 1. The Kier molecular flexibility index (Phi) is 6.88. The Morgan fingerprint density at radius 1 is 0.755 bits per heavy atom. The highest BCUT2D eigenvalue weighted by Crippen LogP contribution is 2.65. The zero-order valence-corrected chi connectivity index (χ0v) is 26.9. The van der Waals surface area contributed by atoms with Crippen molar-refractivity contribution in [3.8, 4) is 22.4 Å². The average Bonchev–Trinajstić information content (AvgIpc) is 3.93. The van der Waals surface area contributed by atoms with E-state index < -0.39 is 12.6 Å². The van der Waals surface area contributed by atoms with Gasteiger partial charge in [0.15, 0.2) is 12.4 Å². The minimum absolute atomic E-state index is 0.116. The third kappa shape index (κ3) is 4.83. The fraction of sp³-hybridized carbons (Fsp3) is 0.195. The van der Waals surface area contributed by atoms with E-state index in [1.165, 1.54) is 4.90 Å². The van der Waals surface area contributed by atoms with Crippen LogP contribution >= 0.6 is 11.6 Å². The first kappa shape index (κ1) is 29.7. The Morgan fingerprint density at radius 2 is 1.39 bits per heavy atom. The molecule has 240 valence electrons. The van der Waals surface area contributed by atoms with E-state index in [2.05, 4.69) is 12.2 Å². The van der Waals surface area contributed by atoms with E-state index in [1.807, 2.05) is 42.5 Å². The van der Waals surface area contributed by atoms with E-state index >= 15 is 0 Å². The molecule has 7 nitrogen and oxygen atoms in total. The molecule has 10 rings (SSSR count). The van der Waals surface area contributed by atoms with Crippen LogP contribution in [0.1, 0.15) is 27.1 Å². The highest BCUT2D eigenvalue weighted by Gasteiger charge is 2.67. The van der Waals surface area contributed by atoms with Gasteiger partial charge in [-0.2, -0.15) is 0 Å². The van der Waals surface area contributed by atoms with Gasteiger partial charge < -0.3 is 4.74 Å². The van der Waals surface area contributed by atoms with E-state index in [-0.39, 0.29) is 46.8 Å². The summed E-state index contributed by atoms with van der Waals surface area (Å²) in [4.78, 5) is 59.8. The van der Waals surface area contributed by atoms with Gasteiger partial charge in [0.25, 0.3) is 0 Å². The van der Waals surface area contributed by atoms with Gasteiger partial charge in [-0.25, -0.2) is 9.78 Å². The molecule has 8 heteroatoms. The smallest absolute Gasteiger partial charge is 0.339 e. The van der Waals surface area contributed by atoms with Gasteiger partial charge in [0.2, 0.25) is 11.8 Å². The number of Topliss-reactive ketones (excluding diaryl/α,β-unsaturated/α-hetero) is 1.